The van der Waals surface area contributed by atoms with Crippen molar-refractivity contribution < 1.29 is 14.3 Å². The molecule has 148 valence electrons. The summed E-state index contributed by atoms with van der Waals surface area (Å²) in [6.45, 7) is 0.864. The molecule has 2 aromatic heterocycles. The van der Waals surface area contributed by atoms with Crippen molar-refractivity contribution in [1.82, 2.24) is 35.2 Å². The van der Waals surface area contributed by atoms with Crippen LogP contribution >= 0.6 is 0 Å². The maximum Gasteiger partial charge on any atom is 0.429 e. The Morgan fingerprint density at radius 2 is 1.79 bits per heavy atom. The average Bonchev–Trinajstić information content (AvgIpc) is 3.43. The van der Waals surface area contributed by atoms with Gasteiger partial charge in [0, 0.05) is 19.3 Å². The quantitative estimate of drug-likeness (QED) is 0.647. The molecule has 1 aliphatic heterocycles. The minimum atomic E-state index is -0.555. The number of nitrogens with zero attached hydrogens (tertiary/aromatic N) is 7. The normalized spacial score (nSPS) is 13.5. The third kappa shape index (κ3) is 4.37. The highest BCUT2D eigenvalue weighted by atomic mass is 16.6. The summed E-state index contributed by atoms with van der Waals surface area (Å²) in [6.07, 6.45) is 1.75. The highest BCUT2D eigenvalue weighted by Crippen LogP contribution is 2.14. The van der Waals surface area contributed by atoms with Crippen LogP contribution < -0.4 is 0 Å². The van der Waals surface area contributed by atoms with Gasteiger partial charge < -0.3 is 4.74 Å². The fourth-order valence-electron chi connectivity index (χ4n) is 2.97. The number of benzene rings is 1. The zero-order valence-electron chi connectivity index (χ0n) is 15.6. The lowest BCUT2D eigenvalue weighted by Crippen LogP contribution is -2.46. The first-order valence-corrected chi connectivity index (χ1v) is 9.18. The van der Waals surface area contributed by atoms with Gasteiger partial charge in [-0.25, -0.2) is 14.8 Å². The Balaban J connectivity index is 1.36. The van der Waals surface area contributed by atoms with Gasteiger partial charge >= 0.3 is 6.09 Å². The number of carbonyl (C=O) groups is 2. The third-order valence-electron chi connectivity index (χ3n) is 4.36. The van der Waals surface area contributed by atoms with Gasteiger partial charge in [0.25, 0.3) is 5.91 Å². The van der Waals surface area contributed by atoms with Crippen molar-refractivity contribution in [2.45, 2.75) is 19.6 Å². The van der Waals surface area contributed by atoms with E-state index in [1.807, 2.05) is 36.4 Å². The lowest BCUT2D eigenvalue weighted by Gasteiger charge is -2.26. The fraction of sp³-hybridized carbons (Fsp3) is 0.263. The molecule has 2 amide bonds. The van der Waals surface area contributed by atoms with Crippen molar-refractivity contribution >= 4 is 12.0 Å². The second-order valence-electron chi connectivity index (χ2n) is 6.39. The first kappa shape index (κ1) is 18.5. The molecule has 0 bridgehead atoms. The van der Waals surface area contributed by atoms with Crippen LogP contribution in [0.25, 0.3) is 11.5 Å². The summed E-state index contributed by atoms with van der Waals surface area (Å²) >= 11 is 0. The number of ether oxygens (including phenoxy) is 1. The van der Waals surface area contributed by atoms with Gasteiger partial charge in [0.1, 0.15) is 18.8 Å². The molecule has 0 saturated carbocycles. The number of amides is 2. The molecule has 29 heavy (non-hydrogen) atoms. The van der Waals surface area contributed by atoms with Crippen molar-refractivity contribution in [1.29, 1.82) is 0 Å². The number of carbonyl (C=O) groups excluding carboxylic acids is 2. The molecule has 0 N–H and O–H groups in total. The summed E-state index contributed by atoms with van der Waals surface area (Å²) in [5.74, 6) is 0.0167. The van der Waals surface area contributed by atoms with E-state index in [1.54, 1.807) is 18.3 Å². The molecule has 1 aromatic carbocycles. The summed E-state index contributed by atoms with van der Waals surface area (Å²) in [4.78, 5) is 30.5. The second kappa shape index (κ2) is 8.46. The molecule has 0 radical (unpaired) electrons. The van der Waals surface area contributed by atoms with Gasteiger partial charge in [-0.1, -0.05) is 36.4 Å². The van der Waals surface area contributed by atoms with E-state index in [0.29, 0.717) is 31.0 Å². The Hall–Kier alpha value is -3.82. The van der Waals surface area contributed by atoms with Crippen LogP contribution in [0.3, 0.4) is 0 Å². The minimum Gasteiger partial charge on any atom is -0.443 e. The summed E-state index contributed by atoms with van der Waals surface area (Å²) in [5, 5.41) is 14.7. The Morgan fingerprint density at radius 1 is 1.00 bits per heavy atom. The smallest absolute Gasteiger partial charge is 0.429 e. The van der Waals surface area contributed by atoms with Crippen LogP contribution in [0, 0.1) is 0 Å². The van der Waals surface area contributed by atoms with Crippen LogP contribution in [0.15, 0.2) is 54.7 Å². The molecule has 0 unspecified atom stereocenters. The van der Waals surface area contributed by atoms with Crippen LogP contribution in [0.4, 0.5) is 4.79 Å². The number of pyridine rings is 1. The maximum atomic E-state index is 12.7. The number of hydrazine groups is 1. The molecule has 1 aliphatic rings. The highest BCUT2D eigenvalue weighted by molar-refractivity contribution is 5.79. The number of aromatic nitrogens is 5. The molecule has 4 rings (SSSR count). The van der Waals surface area contributed by atoms with Crippen LogP contribution in [0.2, 0.25) is 0 Å². The topological polar surface area (TPSA) is 106 Å². The van der Waals surface area contributed by atoms with Crippen molar-refractivity contribution in [2.24, 2.45) is 0 Å². The van der Waals surface area contributed by atoms with E-state index in [4.69, 9.17) is 4.74 Å². The highest BCUT2D eigenvalue weighted by Gasteiger charge is 2.32. The lowest BCUT2D eigenvalue weighted by atomic mass is 10.2. The molecule has 3 heterocycles. The Morgan fingerprint density at radius 3 is 2.59 bits per heavy atom. The third-order valence-corrected chi connectivity index (χ3v) is 4.36. The van der Waals surface area contributed by atoms with Crippen molar-refractivity contribution in [3.8, 4) is 11.5 Å². The summed E-state index contributed by atoms with van der Waals surface area (Å²) in [5.41, 5.74) is 1.45. The van der Waals surface area contributed by atoms with Crippen LogP contribution in [0.5, 0.6) is 0 Å². The van der Waals surface area contributed by atoms with Crippen molar-refractivity contribution in [2.75, 3.05) is 13.1 Å². The standard InChI is InChI=1S/C19H19N7O3/c27-17(13-26-22-18(21-23-26)16-9-4-5-10-20-16)24-11-6-12-25(24)19(28)29-14-15-7-2-1-3-8-15/h1-5,7-10H,6,11-14H2. The van der Waals surface area contributed by atoms with Crippen LogP contribution in [-0.4, -0.2) is 60.3 Å². The Labute approximate surface area is 166 Å². The number of rotatable bonds is 5. The van der Waals surface area contributed by atoms with E-state index in [-0.39, 0.29) is 19.1 Å². The number of tetrazole rings is 1. The molecular weight excluding hydrogens is 374 g/mol. The largest absolute Gasteiger partial charge is 0.443 e. The predicted octanol–water partition coefficient (Wildman–Crippen LogP) is 1.52. The van der Waals surface area contributed by atoms with Crippen LogP contribution in [0.1, 0.15) is 12.0 Å². The lowest BCUT2D eigenvalue weighted by molar-refractivity contribution is -0.142. The summed E-state index contributed by atoms with van der Waals surface area (Å²) in [7, 11) is 0. The molecule has 1 saturated heterocycles. The average molecular weight is 393 g/mol. The minimum absolute atomic E-state index is 0.137. The molecule has 10 heteroatoms. The SMILES string of the molecule is O=C(Cn1nnc(-c2ccccn2)n1)N1CCCN1C(=O)OCc1ccccc1. The van der Waals surface area contributed by atoms with E-state index in [0.717, 1.165) is 5.56 Å². The number of hydrogen-bond acceptors (Lipinski definition) is 7. The van der Waals surface area contributed by atoms with E-state index >= 15 is 0 Å². The molecule has 3 aromatic rings. The molecule has 0 atom stereocenters. The van der Waals surface area contributed by atoms with E-state index in [9.17, 15) is 9.59 Å². The fourth-order valence-corrected chi connectivity index (χ4v) is 2.97. The first-order chi connectivity index (χ1) is 14.2. The van der Waals surface area contributed by atoms with Gasteiger partial charge in [-0.3, -0.25) is 9.78 Å². The summed E-state index contributed by atoms with van der Waals surface area (Å²) in [6, 6.07) is 14.7. The van der Waals surface area contributed by atoms with Gasteiger partial charge in [-0.05, 0) is 29.3 Å². The van der Waals surface area contributed by atoms with Gasteiger partial charge in [-0.15, -0.1) is 10.2 Å². The van der Waals surface area contributed by atoms with Crippen molar-refractivity contribution in [3.63, 3.8) is 0 Å². The molecule has 0 spiro atoms. The molecule has 0 aliphatic carbocycles. The molecule has 10 nitrogen and oxygen atoms in total. The van der Waals surface area contributed by atoms with Gasteiger partial charge in [0.15, 0.2) is 0 Å². The van der Waals surface area contributed by atoms with Gasteiger partial charge in [0.05, 0.1) is 0 Å². The number of hydrogen-bond donors (Lipinski definition) is 0. The zero-order valence-corrected chi connectivity index (χ0v) is 15.6. The maximum absolute atomic E-state index is 12.7. The summed E-state index contributed by atoms with van der Waals surface area (Å²) < 4.78 is 5.34. The Bertz CT molecular complexity index is 978. The van der Waals surface area contributed by atoms with E-state index < -0.39 is 6.09 Å². The van der Waals surface area contributed by atoms with E-state index in [1.165, 1.54) is 14.8 Å². The van der Waals surface area contributed by atoms with Crippen LogP contribution in [-0.2, 0) is 22.7 Å². The van der Waals surface area contributed by atoms with Gasteiger partial charge in [-0.2, -0.15) is 4.80 Å². The van der Waals surface area contributed by atoms with Gasteiger partial charge in [0.2, 0.25) is 5.82 Å². The van der Waals surface area contributed by atoms with E-state index in [2.05, 4.69) is 20.4 Å². The Kier molecular flexibility index (Phi) is 5.41. The predicted molar refractivity (Wildman–Crippen MR) is 101 cm³/mol. The molecular formula is C19H19N7O3. The zero-order chi connectivity index (χ0) is 20.1. The second-order valence-corrected chi connectivity index (χ2v) is 6.39. The van der Waals surface area contributed by atoms with Crippen molar-refractivity contribution in [3.05, 3.63) is 60.3 Å². The molecule has 1 fully saturated rings. The first-order valence-electron chi connectivity index (χ1n) is 9.18. The monoisotopic (exact) mass is 393 g/mol.